The first-order valence-corrected chi connectivity index (χ1v) is 18.2. The zero-order chi connectivity index (χ0) is 35.7. The standard InChI is InChI=1S/C48H32ClN3O/c1-48(2)38-27-33(35-15-9-17-41-43(35)44-40(49)16-10-18-42(44)53-41)23-25-36(38)37-26-24-34(28-39(37)48)47-51-45(31-13-7-4-8-14-31)50-46(52-47)32-21-19-30(20-22-32)29-11-5-3-6-12-29/h3-28H,1-2H3. The number of benzene rings is 7. The lowest BCUT2D eigenvalue weighted by atomic mass is 9.81. The van der Waals surface area contributed by atoms with E-state index in [1.165, 1.54) is 27.8 Å². The van der Waals surface area contributed by atoms with Crippen molar-refractivity contribution in [3.63, 3.8) is 0 Å². The molecule has 0 bridgehead atoms. The highest BCUT2D eigenvalue weighted by molar-refractivity contribution is 6.38. The van der Waals surface area contributed by atoms with E-state index in [1.807, 2.05) is 60.7 Å². The van der Waals surface area contributed by atoms with Crippen molar-refractivity contribution in [3.05, 3.63) is 174 Å². The summed E-state index contributed by atoms with van der Waals surface area (Å²) in [6, 6.07) is 54.5. The molecule has 2 aromatic heterocycles. The Kier molecular flexibility index (Phi) is 7.17. The zero-order valence-electron chi connectivity index (χ0n) is 29.1. The second kappa shape index (κ2) is 12.1. The SMILES string of the molecule is CC1(C)c2cc(-c3nc(-c4ccccc4)nc(-c4ccc(-c5ccccc5)cc4)n3)ccc2-c2ccc(-c3cccc4oc5cccc(Cl)c5c34)cc21. The second-order valence-electron chi connectivity index (χ2n) is 14.2. The smallest absolute Gasteiger partial charge is 0.164 e. The van der Waals surface area contributed by atoms with Gasteiger partial charge in [0, 0.05) is 32.9 Å². The highest BCUT2D eigenvalue weighted by Gasteiger charge is 2.36. The average molecular weight is 702 g/mol. The van der Waals surface area contributed by atoms with Crippen LogP contribution in [0, 0.1) is 0 Å². The van der Waals surface area contributed by atoms with Crippen LogP contribution in [-0.4, -0.2) is 15.0 Å². The maximum atomic E-state index is 6.75. The van der Waals surface area contributed by atoms with Crippen LogP contribution in [-0.2, 0) is 5.41 Å². The quantitative estimate of drug-likeness (QED) is 0.179. The van der Waals surface area contributed by atoms with E-state index in [0.717, 1.165) is 55.3 Å². The van der Waals surface area contributed by atoms with Gasteiger partial charge in [-0.25, -0.2) is 15.0 Å². The Labute approximate surface area is 312 Å². The van der Waals surface area contributed by atoms with Crippen molar-refractivity contribution in [2.75, 3.05) is 0 Å². The Hall–Kier alpha value is -6.36. The van der Waals surface area contributed by atoms with Crippen LogP contribution in [0.4, 0.5) is 0 Å². The molecule has 0 aliphatic heterocycles. The van der Waals surface area contributed by atoms with Crippen LogP contribution >= 0.6 is 11.6 Å². The molecule has 0 fully saturated rings. The van der Waals surface area contributed by atoms with Crippen molar-refractivity contribution < 1.29 is 4.42 Å². The van der Waals surface area contributed by atoms with Crippen LogP contribution in [0.2, 0.25) is 5.02 Å². The number of halogens is 1. The summed E-state index contributed by atoms with van der Waals surface area (Å²) >= 11 is 6.75. The Morgan fingerprint density at radius 3 is 1.55 bits per heavy atom. The summed E-state index contributed by atoms with van der Waals surface area (Å²) in [5.74, 6) is 1.93. The Morgan fingerprint density at radius 2 is 0.887 bits per heavy atom. The molecule has 252 valence electrons. The first-order valence-electron chi connectivity index (χ1n) is 17.8. The predicted molar refractivity (Wildman–Crippen MR) is 217 cm³/mol. The molecule has 7 aromatic carbocycles. The fourth-order valence-electron chi connectivity index (χ4n) is 7.90. The molecule has 53 heavy (non-hydrogen) atoms. The third-order valence-corrected chi connectivity index (χ3v) is 10.9. The fourth-order valence-corrected chi connectivity index (χ4v) is 8.16. The van der Waals surface area contributed by atoms with Crippen molar-refractivity contribution >= 4 is 33.5 Å². The Bertz CT molecular complexity index is 2860. The highest BCUT2D eigenvalue weighted by atomic mass is 35.5. The zero-order valence-corrected chi connectivity index (χ0v) is 29.9. The second-order valence-corrected chi connectivity index (χ2v) is 14.6. The van der Waals surface area contributed by atoms with Gasteiger partial charge < -0.3 is 4.42 Å². The van der Waals surface area contributed by atoms with Crippen LogP contribution in [0.5, 0.6) is 0 Å². The molecule has 4 nitrogen and oxygen atoms in total. The summed E-state index contributed by atoms with van der Waals surface area (Å²) in [7, 11) is 0. The number of hydrogen-bond donors (Lipinski definition) is 0. The van der Waals surface area contributed by atoms with Crippen molar-refractivity contribution in [1.82, 2.24) is 15.0 Å². The van der Waals surface area contributed by atoms with E-state index in [4.69, 9.17) is 31.0 Å². The summed E-state index contributed by atoms with van der Waals surface area (Å²) in [4.78, 5) is 15.1. The van der Waals surface area contributed by atoms with Crippen molar-refractivity contribution in [2.24, 2.45) is 0 Å². The van der Waals surface area contributed by atoms with Gasteiger partial charge in [0.2, 0.25) is 0 Å². The highest BCUT2D eigenvalue weighted by Crippen LogP contribution is 2.51. The van der Waals surface area contributed by atoms with Crippen LogP contribution in [0.25, 0.3) is 89.5 Å². The number of rotatable bonds is 5. The fraction of sp³-hybridized carbons (Fsp3) is 0.0625. The van der Waals surface area contributed by atoms with Crippen molar-refractivity contribution in [3.8, 4) is 67.5 Å². The van der Waals surface area contributed by atoms with E-state index in [1.54, 1.807) is 0 Å². The number of hydrogen-bond acceptors (Lipinski definition) is 4. The molecule has 0 atom stereocenters. The Morgan fingerprint density at radius 1 is 0.415 bits per heavy atom. The van der Waals surface area contributed by atoms with E-state index in [-0.39, 0.29) is 5.41 Å². The van der Waals surface area contributed by atoms with Gasteiger partial charge in [0.1, 0.15) is 11.2 Å². The largest absolute Gasteiger partial charge is 0.456 e. The van der Waals surface area contributed by atoms with Gasteiger partial charge in [-0.3, -0.25) is 0 Å². The van der Waals surface area contributed by atoms with E-state index >= 15 is 0 Å². The molecule has 0 radical (unpaired) electrons. The molecule has 0 saturated heterocycles. The molecule has 0 unspecified atom stereocenters. The summed E-state index contributed by atoms with van der Waals surface area (Å²) in [6.45, 7) is 4.61. The molecule has 9 aromatic rings. The van der Waals surface area contributed by atoms with Gasteiger partial charge >= 0.3 is 0 Å². The monoisotopic (exact) mass is 701 g/mol. The molecule has 0 saturated carbocycles. The minimum atomic E-state index is -0.272. The lowest BCUT2D eigenvalue weighted by Gasteiger charge is -2.22. The molecular formula is C48H32ClN3O. The molecule has 1 aliphatic carbocycles. The van der Waals surface area contributed by atoms with E-state index in [9.17, 15) is 0 Å². The summed E-state index contributed by atoms with van der Waals surface area (Å²) in [5.41, 5.74) is 13.7. The average Bonchev–Trinajstić information content (AvgIpc) is 3.71. The first-order chi connectivity index (χ1) is 25.9. The topological polar surface area (TPSA) is 51.8 Å². The molecule has 0 amide bonds. The van der Waals surface area contributed by atoms with Crippen LogP contribution in [0.3, 0.4) is 0 Å². The van der Waals surface area contributed by atoms with Gasteiger partial charge in [0.15, 0.2) is 17.5 Å². The summed E-state index contributed by atoms with van der Waals surface area (Å²) < 4.78 is 6.23. The van der Waals surface area contributed by atoms with Gasteiger partial charge in [-0.2, -0.15) is 0 Å². The third-order valence-electron chi connectivity index (χ3n) is 10.6. The number of nitrogens with zero attached hydrogens (tertiary/aromatic N) is 3. The summed E-state index contributed by atoms with van der Waals surface area (Å²) in [5, 5.41) is 2.68. The molecule has 10 rings (SSSR count). The van der Waals surface area contributed by atoms with Crippen LogP contribution < -0.4 is 0 Å². The molecule has 2 heterocycles. The molecular weight excluding hydrogens is 670 g/mol. The van der Waals surface area contributed by atoms with Gasteiger partial charge in [-0.1, -0.05) is 153 Å². The molecule has 5 heteroatoms. The predicted octanol–water partition coefficient (Wildman–Crippen LogP) is 13.1. The number of fused-ring (bicyclic) bond motifs is 6. The van der Waals surface area contributed by atoms with Gasteiger partial charge in [-0.15, -0.1) is 0 Å². The Balaban J connectivity index is 1.07. The van der Waals surface area contributed by atoms with E-state index < -0.39 is 0 Å². The number of aromatic nitrogens is 3. The van der Waals surface area contributed by atoms with Crippen molar-refractivity contribution in [2.45, 2.75) is 19.3 Å². The minimum Gasteiger partial charge on any atom is -0.456 e. The maximum absolute atomic E-state index is 6.75. The van der Waals surface area contributed by atoms with E-state index in [0.29, 0.717) is 22.5 Å². The number of furan rings is 1. The lowest BCUT2D eigenvalue weighted by molar-refractivity contribution is 0.661. The molecule has 1 aliphatic rings. The van der Waals surface area contributed by atoms with Gasteiger partial charge in [-0.05, 0) is 74.8 Å². The molecule has 0 N–H and O–H groups in total. The molecule has 0 spiro atoms. The van der Waals surface area contributed by atoms with Crippen molar-refractivity contribution in [1.29, 1.82) is 0 Å². The summed E-state index contributed by atoms with van der Waals surface area (Å²) in [6.07, 6.45) is 0. The normalized spacial score (nSPS) is 13.0. The minimum absolute atomic E-state index is 0.272. The lowest BCUT2D eigenvalue weighted by Crippen LogP contribution is -2.15. The first kappa shape index (κ1) is 31.4. The van der Waals surface area contributed by atoms with Crippen LogP contribution in [0.15, 0.2) is 162 Å². The van der Waals surface area contributed by atoms with Crippen LogP contribution in [0.1, 0.15) is 25.0 Å². The van der Waals surface area contributed by atoms with E-state index in [2.05, 4.69) is 111 Å². The van der Waals surface area contributed by atoms with Gasteiger partial charge in [0.25, 0.3) is 0 Å². The maximum Gasteiger partial charge on any atom is 0.164 e. The van der Waals surface area contributed by atoms with Gasteiger partial charge in [0.05, 0.1) is 5.02 Å². The third kappa shape index (κ3) is 5.17.